The minimum Gasteiger partial charge on any atom is -0.507 e. The number of carbonyl (C=O) groups excluding carboxylic acids is 4. The number of aliphatic carboxylic acids is 1. The molecule has 1 aliphatic carbocycles. The molecule has 0 fully saturated rings. The molecule has 3 rings (SSSR count). The van der Waals surface area contributed by atoms with Gasteiger partial charge in [-0.25, -0.2) is 4.79 Å². The highest BCUT2D eigenvalue weighted by atomic mass is 16.5. The number of aliphatic hydroxyl groups excluding tert-OH is 1. The van der Waals surface area contributed by atoms with E-state index in [2.05, 4.69) is 10.6 Å². The summed E-state index contributed by atoms with van der Waals surface area (Å²) in [6.45, 7) is 3.97. The Morgan fingerprint density at radius 2 is 1.77 bits per heavy atom. The second kappa shape index (κ2) is 8.87. The van der Waals surface area contributed by atoms with Crippen molar-refractivity contribution < 1.29 is 49.1 Å². The van der Waals surface area contributed by atoms with E-state index >= 15 is 0 Å². The van der Waals surface area contributed by atoms with Crippen molar-refractivity contribution >= 4 is 29.2 Å². The number of phenolic OH excluding ortho intramolecular Hbond substituents is 2. The number of carboxylic acids is 1. The van der Waals surface area contributed by atoms with Gasteiger partial charge in [0.2, 0.25) is 5.91 Å². The zero-order valence-corrected chi connectivity index (χ0v) is 19.3. The molecule has 1 aromatic rings. The first-order valence-corrected chi connectivity index (χ1v) is 10.4. The van der Waals surface area contributed by atoms with E-state index in [0.29, 0.717) is 0 Å². The number of aromatic hydroxyl groups is 2. The largest absolute Gasteiger partial charge is 0.507 e. The molecule has 0 bridgehead atoms. The van der Waals surface area contributed by atoms with Crippen LogP contribution in [0, 0.1) is 6.92 Å². The van der Waals surface area contributed by atoms with Gasteiger partial charge in [0, 0.05) is 17.3 Å². The third-order valence-corrected chi connectivity index (χ3v) is 6.09. The molecule has 2 atom stereocenters. The van der Waals surface area contributed by atoms with Gasteiger partial charge in [-0.2, -0.15) is 0 Å². The van der Waals surface area contributed by atoms with Crippen molar-refractivity contribution in [3.8, 4) is 17.2 Å². The lowest BCUT2D eigenvalue weighted by atomic mass is 9.70. The van der Waals surface area contributed by atoms with Gasteiger partial charge >= 0.3 is 5.97 Å². The standard InChI is InChI=1S/C23H24N2O10/c1-8-18(30)16(10(3)27)20-17(19(8)31)23(4)13(35-20)5-12(28)15(21(23)32)9(2)24-6-14(29)25-11(7-26)22(33)34/h5,11,24,26,30-31H,6-7H2,1-4H3,(H,25,29)(H,33,34)/t11?,23-/m0/s1. The lowest BCUT2D eigenvalue weighted by Gasteiger charge is -2.29. The predicted octanol–water partition coefficient (Wildman–Crippen LogP) is -0.280. The summed E-state index contributed by atoms with van der Waals surface area (Å²) >= 11 is 0. The lowest BCUT2D eigenvalue weighted by Crippen LogP contribution is -2.47. The summed E-state index contributed by atoms with van der Waals surface area (Å²) in [5.41, 5.74) is -2.40. The van der Waals surface area contributed by atoms with E-state index in [1.54, 1.807) is 0 Å². The SMILES string of the molecule is CC(=O)c1c(O)c(C)c(O)c2c1OC1=CC(=O)C(=C(C)NCC(=O)NC(CO)C(=O)O)C(=O)[C@@]12C. The summed E-state index contributed by atoms with van der Waals surface area (Å²) in [6, 6.07) is -1.52. The van der Waals surface area contributed by atoms with Crippen LogP contribution >= 0.6 is 0 Å². The summed E-state index contributed by atoms with van der Waals surface area (Å²) in [4.78, 5) is 61.6. The lowest BCUT2D eigenvalue weighted by molar-refractivity contribution is -0.142. The molecule has 0 saturated carbocycles. The number of rotatable bonds is 7. The molecule has 12 heteroatoms. The number of fused-ring (bicyclic) bond motifs is 3. The Balaban J connectivity index is 2.02. The Kier molecular flexibility index (Phi) is 6.45. The van der Waals surface area contributed by atoms with Crippen molar-refractivity contribution in [2.24, 2.45) is 0 Å². The van der Waals surface area contributed by atoms with Gasteiger partial charge in [0.25, 0.3) is 0 Å². The molecule has 6 N–H and O–H groups in total. The number of hydrogen-bond acceptors (Lipinski definition) is 10. The van der Waals surface area contributed by atoms with Crippen LogP contribution in [0.2, 0.25) is 0 Å². The fourth-order valence-electron chi connectivity index (χ4n) is 4.09. The second-order valence-electron chi connectivity index (χ2n) is 8.38. The molecule has 0 aromatic heterocycles. The maximum Gasteiger partial charge on any atom is 0.328 e. The van der Waals surface area contributed by atoms with E-state index in [1.807, 2.05) is 0 Å². The molecular weight excluding hydrogens is 464 g/mol. The topological polar surface area (TPSA) is 200 Å². The van der Waals surface area contributed by atoms with E-state index in [1.165, 1.54) is 27.7 Å². The molecule has 1 aliphatic heterocycles. The minimum absolute atomic E-state index is 0.00206. The number of allylic oxidation sites excluding steroid dienone is 4. The smallest absolute Gasteiger partial charge is 0.328 e. The maximum atomic E-state index is 13.6. The highest BCUT2D eigenvalue weighted by molar-refractivity contribution is 6.31. The summed E-state index contributed by atoms with van der Waals surface area (Å²) < 4.78 is 5.66. The first-order valence-electron chi connectivity index (χ1n) is 10.4. The number of carbonyl (C=O) groups is 5. The average Bonchev–Trinajstić information content (AvgIpc) is 3.07. The minimum atomic E-state index is -1.71. The number of nitrogens with one attached hydrogen (secondary N) is 2. The van der Waals surface area contributed by atoms with E-state index < -0.39 is 65.3 Å². The van der Waals surface area contributed by atoms with Crippen LogP contribution in [0.3, 0.4) is 0 Å². The van der Waals surface area contributed by atoms with Crippen molar-refractivity contribution in [3.05, 3.63) is 39.8 Å². The van der Waals surface area contributed by atoms with Crippen LogP contribution in [-0.2, 0) is 24.6 Å². The molecule has 186 valence electrons. The monoisotopic (exact) mass is 488 g/mol. The molecule has 1 heterocycles. The van der Waals surface area contributed by atoms with Crippen LogP contribution in [0.15, 0.2) is 23.1 Å². The summed E-state index contributed by atoms with van der Waals surface area (Å²) in [5.74, 6) is -5.69. The third kappa shape index (κ3) is 3.91. The van der Waals surface area contributed by atoms with Gasteiger partial charge in [-0.3, -0.25) is 19.2 Å². The van der Waals surface area contributed by atoms with Crippen molar-refractivity contribution in [1.29, 1.82) is 0 Å². The fraction of sp³-hybridized carbons (Fsp3) is 0.348. The van der Waals surface area contributed by atoms with Gasteiger partial charge in [-0.15, -0.1) is 0 Å². The molecule has 35 heavy (non-hydrogen) atoms. The molecule has 12 nitrogen and oxygen atoms in total. The van der Waals surface area contributed by atoms with Gasteiger partial charge in [0.05, 0.1) is 24.3 Å². The first kappa shape index (κ1) is 25.4. The van der Waals surface area contributed by atoms with Gasteiger partial charge < -0.3 is 35.8 Å². The maximum absolute atomic E-state index is 13.6. The molecule has 1 amide bonds. The van der Waals surface area contributed by atoms with Crippen LogP contribution in [0.4, 0.5) is 0 Å². The molecule has 0 spiro atoms. The summed E-state index contributed by atoms with van der Waals surface area (Å²) in [5, 5.41) is 43.8. The Bertz CT molecular complexity index is 1260. The summed E-state index contributed by atoms with van der Waals surface area (Å²) in [7, 11) is 0. The Hall–Kier alpha value is -4.19. The Labute approximate surface area is 198 Å². The molecule has 0 saturated heterocycles. The first-order chi connectivity index (χ1) is 16.3. The van der Waals surface area contributed by atoms with Gasteiger partial charge in [0.1, 0.15) is 40.0 Å². The predicted molar refractivity (Wildman–Crippen MR) is 118 cm³/mol. The van der Waals surface area contributed by atoms with Crippen molar-refractivity contribution in [1.82, 2.24) is 10.6 Å². The Morgan fingerprint density at radius 1 is 1.14 bits per heavy atom. The molecule has 1 aromatic carbocycles. The summed E-state index contributed by atoms with van der Waals surface area (Å²) in [6.07, 6.45) is 1.03. The zero-order chi connectivity index (χ0) is 26.4. The van der Waals surface area contributed by atoms with Crippen molar-refractivity contribution in [2.45, 2.75) is 39.2 Å². The molecular formula is C23H24N2O10. The van der Waals surface area contributed by atoms with E-state index in [4.69, 9.17) is 14.9 Å². The average molecular weight is 488 g/mol. The number of ether oxygens (including phenoxy) is 1. The number of hydrogen-bond donors (Lipinski definition) is 6. The van der Waals surface area contributed by atoms with Crippen LogP contribution in [0.1, 0.15) is 42.3 Å². The number of ketones is 3. The van der Waals surface area contributed by atoms with E-state index in [9.17, 15) is 34.2 Å². The number of aliphatic hydroxyl groups is 1. The highest BCUT2D eigenvalue weighted by Crippen LogP contribution is 2.57. The van der Waals surface area contributed by atoms with Crippen LogP contribution in [0.5, 0.6) is 17.2 Å². The number of benzene rings is 1. The van der Waals surface area contributed by atoms with Crippen molar-refractivity contribution in [3.63, 3.8) is 0 Å². The number of carboxylic acid groups (broad SMARTS) is 1. The van der Waals surface area contributed by atoms with Gasteiger partial charge in [0.15, 0.2) is 17.3 Å². The van der Waals surface area contributed by atoms with Gasteiger partial charge in [-0.05, 0) is 27.7 Å². The van der Waals surface area contributed by atoms with Crippen LogP contribution in [0.25, 0.3) is 0 Å². The molecule has 0 radical (unpaired) electrons. The third-order valence-electron chi connectivity index (χ3n) is 6.09. The van der Waals surface area contributed by atoms with E-state index in [0.717, 1.165) is 6.08 Å². The van der Waals surface area contributed by atoms with Crippen molar-refractivity contribution in [2.75, 3.05) is 13.2 Å². The molecule has 2 aliphatic rings. The quantitative estimate of drug-likeness (QED) is 0.167. The molecule has 1 unspecified atom stereocenters. The second-order valence-corrected chi connectivity index (χ2v) is 8.38. The van der Waals surface area contributed by atoms with Crippen LogP contribution < -0.4 is 15.4 Å². The van der Waals surface area contributed by atoms with Gasteiger partial charge in [-0.1, -0.05) is 0 Å². The highest BCUT2D eigenvalue weighted by Gasteiger charge is 2.56. The number of amides is 1. The normalized spacial score (nSPS) is 20.8. The number of phenols is 2. The number of Topliss-reactive ketones (excluding diaryl/α,β-unsaturated/α-hetero) is 2. The zero-order valence-electron chi connectivity index (χ0n) is 19.3. The fourth-order valence-corrected chi connectivity index (χ4v) is 4.09. The Morgan fingerprint density at radius 3 is 2.31 bits per heavy atom. The van der Waals surface area contributed by atoms with Crippen LogP contribution in [-0.4, -0.2) is 68.8 Å². The van der Waals surface area contributed by atoms with E-state index in [-0.39, 0.29) is 39.5 Å².